The molecule has 1 fully saturated rings. The second-order valence-corrected chi connectivity index (χ2v) is 7.96. The quantitative estimate of drug-likeness (QED) is 0.862. The van der Waals surface area contributed by atoms with Gasteiger partial charge in [0.25, 0.3) is 5.91 Å². The molecule has 2 rings (SSSR count). The normalized spacial score (nSPS) is 20.4. The largest absolute Gasteiger partial charge is 0.371 e. The van der Waals surface area contributed by atoms with Crippen molar-refractivity contribution in [3.63, 3.8) is 0 Å². The third kappa shape index (κ3) is 4.49. The van der Waals surface area contributed by atoms with Gasteiger partial charge >= 0.3 is 0 Å². The van der Waals surface area contributed by atoms with Gasteiger partial charge in [0.15, 0.2) is 0 Å². The van der Waals surface area contributed by atoms with Crippen LogP contribution in [0.4, 0.5) is 0 Å². The lowest BCUT2D eigenvalue weighted by Crippen LogP contribution is -2.34. The van der Waals surface area contributed by atoms with Gasteiger partial charge in [0.2, 0.25) is 10.0 Å². The van der Waals surface area contributed by atoms with Crippen LogP contribution in [0.1, 0.15) is 54.7 Å². The summed E-state index contributed by atoms with van der Waals surface area (Å²) in [6, 6.07) is 0. The zero-order valence-electron chi connectivity index (χ0n) is 12.2. The standard InChI is InChI=1S/C13H20N2O4S2/c1-3-9(2)8-21(17,18)15-12(16)10-7-20-13(14-10)11-5-4-6-19-11/h7,9,11H,3-6,8H2,1-2H3,(H,15,16)/t9-,11+/m1/s1. The number of rotatable bonds is 6. The monoisotopic (exact) mass is 332 g/mol. The first kappa shape index (κ1) is 16.4. The summed E-state index contributed by atoms with van der Waals surface area (Å²) in [5, 5.41) is 2.31. The van der Waals surface area contributed by atoms with Gasteiger partial charge in [-0.25, -0.2) is 18.1 Å². The SMILES string of the molecule is CC[C@@H](C)CS(=O)(=O)NC(=O)c1csc([C@@H]2CCCO2)n1. The van der Waals surface area contributed by atoms with Crippen LogP contribution in [0.3, 0.4) is 0 Å². The second kappa shape index (κ2) is 6.85. The lowest BCUT2D eigenvalue weighted by Gasteiger charge is -2.09. The molecule has 118 valence electrons. The van der Waals surface area contributed by atoms with E-state index in [-0.39, 0.29) is 23.5 Å². The van der Waals surface area contributed by atoms with E-state index < -0.39 is 15.9 Å². The Labute approximate surface area is 129 Å². The van der Waals surface area contributed by atoms with E-state index in [1.807, 2.05) is 13.8 Å². The van der Waals surface area contributed by atoms with E-state index >= 15 is 0 Å². The summed E-state index contributed by atoms with van der Waals surface area (Å²) in [5.41, 5.74) is 0.137. The molecule has 2 atom stereocenters. The zero-order valence-corrected chi connectivity index (χ0v) is 13.8. The smallest absolute Gasteiger partial charge is 0.284 e. The van der Waals surface area contributed by atoms with E-state index in [1.165, 1.54) is 11.3 Å². The molecule has 1 amide bonds. The molecule has 21 heavy (non-hydrogen) atoms. The maximum Gasteiger partial charge on any atom is 0.284 e. The molecule has 8 heteroatoms. The Bertz CT molecular complexity index is 591. The third-order valence-electron chi connectivity index (χ3n) is 3.41. The summed E-state index contributed by atoms with van der Waals surface area (Å²) in [6.45, 7) is 4.45. The molecule has 1 aromatic heterocycles. The summed E-state index contributed by atoms with van der Waals surface area (Å²) < 4.78 is 31.3. The third-order valence-corrected chi connectivity index (χ3v) is 5.85. The van der Waals surface area contributed by atoms with Gasteiger partial charge in [0.1, 0.15) is 16.8 Å². The van der Waals surface area contributed by atoms with Crippen molar-refractivity contribution in [3.05, 3.63) is 16.1 Å². The van der Waals surface area contributed by atoms with Crippen molar-refractivity contribution >= 4 is 27.3 Å². The predicted molar refractivity (Wildman–Crippen MR) is 80.7 cm³/mol. The average Bonchev–Trinajstić information content (AvgIpc) is 3.08. The molecule has 0 aliphatic carbocycles. The average molecular weight is 332 g/mol. The number of nitrogens with one attached hydrogen (secondary N) is 1. The first-order valence-corrected chi connectivity index (χ1v) is 9.56. The van der Waals surface area contributed by atoms with E-state index in [1.54, 1.807) is 5.38 Å². The number of carbonyl (C=O) groups excluding carboxylic acids is 1. The van der Waals surface area contributed by atoms with E-state index in [9.17, 15) is 13.2 Å². The van der Waals surface area contributed by atoms with Crippen LogP contribution in [0.25, 0.3) is 0 Å². The highest BCUT2D eigenvalue weighted by Gasteiger charge is 2.24. The molecule has 0 bridgehead atoms. The van der Waals surface area contributed by atoms with Gasteiger partial charge in [0, 0.05) is 12.0 Å². The summed E-state index contributed by atoms with van der Waals surface area (Å²) in [7, 11) is -3.62. The second-order valence-electron chi connectivity index (χ2n) is 5.30. The van der Waals surface area contributed by atoms with E-state index in [2.05, 4.69) is 9.71 Å². The van der Waals surface area contributed by atoms with Gasteiger partial charge in [-0.15, -0.1) is 11.3 Å². The minimum atomic E-state index is -3.62. The van der Waals surface area contributed by atoms with Gasteiger partial charge < -0.3 is 4.74 Å². The van der Waals surface area contributed by atoms with Crippen molar-refractivity contribution in [2.45, 2.75) is 39.2 Å². The highest BCUT2D eigenvalue weighted by Crippen LogP contribution is 2.30. The molecule has 1 aliphatic heterocycles. The molecule has 2 heterocycles. The molecule has 0 saturated carbocycles. The van der Waals surface area contributed by atoms with Gasteiger partial charge in [-0.1, -0.05) is 20.3 Å². The van der Waals surface area contributed by atoms with Gasteiger partial charge in [-0.3, -0.25) is 4.79 Å². The van der Waals surface area contributed by atoms with Crippen molar-refractivity contribution in [3.8, 4) is 0 Å². The fraction of sp³-hybridized carbons (Fsp3) is 0.692. The van der Waals surface area contributed by atoms with Crippen LogP contribution in [-0.2, 0) is 14.8 Å². The molecule has 0 radical (unpaired) electrons. The van der Waals surface area contributed by atoms with Crippen LogP contribution < -0.4 is 4.72 Å². The lowest BCUT2D eigenvalue weighted by atomic mass is 10.2. The molecule has 1 saturated heterocycles. The van der Waals surface area contributed by atoms with E-state index in [0.29, 0.717) is 6.61 Å². The Balaban J connectivity index is 2.00. The topological polar surface area (TPSA) is 85.4 Å². The summed E-state index contributed by atoms with van der Waals surface area (Å²) in [4.78, 5) is 16.2. The zero-order chi connectivity index (χ0) is 15.5. The van der Waals surface area contributed by atoms with Crippen molar-refractivity contribution in [1.82, 2.24) is 9.71 Å². The summed E-state index contributed by atoms with van der Waals surface area (Å²) in [5.74, 6) is -0.718. The van der Waals surface area contributed by atoms with E-state index in [4.69, 9.17) is 4.74 Å². The number of aromatic nitrogens is 1. The number of sulfonamides is 1. The number of ether oxygens (including phenoxy) is 1. The molecular formula is C13H20N2O4S2. The maximum absolute atomic E-state index is 12.0. The highest BCUT2D eigenvalue weighted by atomic mass is 32.2. The number of hydrogen-bond acceptors (Lipinski definition) is 6. The van der Waals surface area contributed by atoms with Crippen molar-refractivity contribution in [2.24, 2.45) is 5.92 Å². The van der Waals surface area contributed by atoms with Crippen molar-refractivity contribution in [1.29, 1.82) is 0 Å². The Kier molecular flexibility index (Phi) is 5.34. The van der Waals surface area contributed by atoms with Crippen LogP contribution in [0.15, 0.2) is 5.38 Å². The molecule has 0 aromatic carbocycles. The number of thiazole rings is 1. The molecule has 1 aromatic rings. The number of nitrogens with zero attached hydrogens (tertiary/aromatic N) is 1. The number of carbonyl (C=O) groups is 1. The van der Waals surface area contributed by atoms with Crippen molar-refractivity contribution < 1.29 is 17.9 Å². The van der Waals surface area contributed by atoms with Crippen LogP contribution in [0.2, 0.25) is 0 Å². The number of hydrogen-bond donors (Lipinski definition) is 1. The van der Waals surface area contributed by atoms with Crippen LogP contribution in [0.5, 0.6) is 0 Å². The molecule has 6 nitrogen and oxygen atoms in total. The van der Waals surface area contributed by atoms with Gasteiger partial charge in [-0.2, -0.15) is 0 Å². The van der Waals surface area contributed by atoms with Crippen LogP contribution >= 0.6 is 11.3 Å². The lowest BCUT2D eigenvalue weighted by molar-refractivity contribution is 0.0973. The first-order valence-electron chi connectivity index (χ1n) is 7.03. The molecule has 0 unspecified atom stereocenters. The minimum absolute atomic E-state index is 0.00758. The molecule has 1 N–H and O–H groups in total. The minimum Gasteiger partial charge on any atom is -0.371 e. The maximum atomic E-state index is 12.0. The Morgan fingerprint density at radius 3 is 3.00 bits per heavy atom. The molecule has 1 aliphatic rings. The fourth-order valence-corrected chi connectivity index (χ4v) is 4.38. The van der Waals surface area contributed by atoms with Crippen LogP contribution in [-0.4, -0.2) is 31.7 Å². The van der Waals surface area contributed by atoms with Gasteiger partial charge in [0.05, 0.1) is 5.75 Å². The predicted octanol–water partition coefficient (Wildman–Crippen LogP) is 2.10. The van der Waals surface area contributed by atoms with Crippen molar-refractivity contribution in [2.75, 3.05) is 12.4 Å². The molecule has 0 spiro atoms. The Morgan fingerprint density at radius 2 is 2.38 bits per heavy atom. The summed E-state index contributed by atoms with van der Waals surface area (Å²) >= 11 is 1.33. The van der Waals surface area contributed by atoms with Crippen LogP contribution in [0, 0.1) is 5.92 Å². The Hall–Kier alpha value is -0.990. The molecular weight excluding hydrogens is 312 g/mol. The summed E-state index contributed by atoms with van der Waals surface area (Å²) in [6.07, 6.45) is 2.55. The highest BCUT2D eigenvalue weighted by molar-refractivity contribution is 7.90. The Morgan fingerprint density at radius 1 is 1.62 bits per heavy atom. The van der Waals surface area contributed by atoms with E-state index in [0.717, 1.165) is 24.3 Å². The fourth-order valence-electron chi connectivity index (χ4n) is 2.04. The van der Waals surface area contributed by atoms with Gasteiger partial charge in [-0.05, 0) is 18.8 Å². The first-order chi connectivity index (χ1) is 9.91. The number of amides is 1.